The van der Waals surface area contributed by atoms with Gasteiger partial charge in [0.15, 0.2) is 0 Å². The van der Waals surface area contributed by atoms with Gasteiger partial charge in [-0.15, -0.1) is 0 Å². The molecule has 1 saturated heterocycles. The summed E-state index contributed by atoms with van der Waals surface area (Å²) in [5.74, 6) is 0. The van der Waals surface area contributed by atoms with E-state index in [0.29, 0.717) is 0 Å². The van der Waals surface area contributed by atoms with Gasteiger partial charge in [-0.1, -0.05) is 170 Å². The minimum absolute atomic E-state index is 0.0226. The molecule has 2 unspecified atom stereocenters. The highest BCUT2D eigenvalue weighted by atomic mass is 16.3. The van der Waals surface area contributed by atoms with Gasteiger partial charge < -0.3 is 8.83 Å². The molecule has 1 fully saturated rings. The van der Waals surface area contributed by atoms with E-state index in [4.69, 9.17) is 8.83 Å². The van der Waals surface area contributed by atoms with E-state index in [1.165, 1.54) is 21.9 Å². The van der Waals surface area contributed by atoms with E-state index < -0.39 is 0 Å². The number of furan rings is 2. The molecular formula is C49H35N3O2. The number of benzene rings is 8. The number of rotatable bonds is 5. The van der Waals surface area contributed by atoms with Crippen LogP contribution in [0.15, 0.2) is 185 Å². The Morgan fingerprint density at radius 3 is 1.44 bits per heavy atom. The molecule has 8 aromatic carbocycles. The second kappa shape index (κ2) is 12.6. The molecule has 5 nitrogen and oxygen atoms in total. The average Bonchev–Trinajstić information content (AvgIpc) is 3.84. The lowest BCUT2D eigenvalue weighted by molar-refractivity contribution is 0.203. The molecule has 0 aliphatic carbocycles. The van der Waals surface area contributed by atoms with E-state index >= 15 is 0 Å². The predicted molar refractivity (Wildman–Crippen MR) is 220 cm³/mol. The van der Waals surface area contributed by atoms with Gasteiger partial charge in [0.25, 0.3) is 0 Å². The highest BCUT2D eigenvalue weighted by Gasteiger charge is 2.29. The fraction of sp³-hybridized carbons (Fsp3) is 0.0612. The van der Waals surface area contributed by atoms with Crippen molar-refractivity contribution in [3.05, 3.63) is 193 Å². The lowest BCUT2D eigenvalue weighted by Crippen LogP contribution is -2.54. The molecule has 3 N–H and O–H groups in total. The zero-order valence-electron chi connectivity index (χ0n) is 29.3. The fourth-order valence-electron chi connectivity index (χ4n) is 8.41. The van der Waals surface area contributed by atoms with Crippen LogP contribution in [0.5, 0.6) is 0 Å². The average molecular weight is 698 g/mol. The smallest absolute Gasteiger partial charge is 0.143 e. The maximum Gasteiger partial charge on any atom is 0.143 e. The quantitative estimate of drug-likeness (QED) is 0.167. The number of para-hydroxylation sites is 3. The summed E-state index contributed by atoms with van der Waals surface area (Å²) in [5, 5.41) is 18.2. The first-order chi connectivity index (χ1) is 26.8. The van der Waals surface area contributed by atoms with Gasteiger partial charge in [-0.25, -0.2) is 0 Å². The fourth-order valence-corrected chi connectivity index (χ4v) is 8.41. The molecule has 1 aliphatic rings. The standard InChI is InChI=1S/C49H35N3O2/c1-3-13-32(14-4-1)47-50-48(33-15-5-2-6-16-33)52-49(51-47)34-26-24-31(25-27-34)36-18-9-19-37-38-20-10-21-39(45(38)54-44(36)37)40-22-11-23-41-43-35-17-8-7-12-30(35)28-29-42(43)53-46(40)41/h1-29,47-52H. The van der Waals surface area contributed by atoms with Crippen LogP contribution in [-0.4, -0.2) is 0 Å². The van der Waals surface area contributed by atoms with Crippen LogP contribution in [0.4, 0.5) is 0 Å². The summed E-state index contributed by atoms with van der Waals surface area (Å²) in [5.41, 5.74) is 11.2. The molecule has 258 valence electrons. The van der Waals surface area contributed by atoms with Gasteiger partial charge in [-0.3, -0.25) is 16.0 Å². The van der Waals surface area contributed by atoms with E-state index in [9.17, 15) is 0 Å². The zero-order chi connectivity index (χ0) is 35.6. The van der Waals surface area contributed by atoms with E-state index in [0.717, 1.165) is 71.7 Å². The molecule has 1 aliphatic heterocycles. The maximum absolute atomic E-state index is 6.91. The molecule has 10 aromatic rings. The van der Waals surface area contributed by atoms with Crippen LogP contribution >= 0.6 is 0 Å². The van der Waals surface area contributed by atoms with Gasteiger partial charge in [0, 0.05) is 38.2 Å². The number of fused-ring (bicyclic) bond motifs is 8. The first-order valence-electron chi connectivity index (χ1n) is 18.5. The molecule has 5 heteroatoms. The highest BCUT2D eigenvalue weighted by Crippen LogP contribution is 2.44. The van der Waals surface area contributed by atoms with Gasteiger partial charge >= 0.3 is 0 Å². The Hall–Kier alpha value is -6.50. The van der Waals surface area contributed by atoms with Crippen LogP contribution in [-0.2, 0) is 0 Å². The van der Waals surface area contributed by atoms with Crippen molar-refractivity contribution in [2.75, 3.05) is 0 Å². The highest BCUT2D eigenvalue weighted by molar-refractivity contribution is 6.22. The van der Waals surface area contributed by atoms with E-state index in [1.54, 1.807) is 0 Å². The minimum Gasteiger partial charge on any atom is -0.455 e. The van der Waals surface area contributed by atoms with Gasteiger partial charge in [-0.05, 0) is 39.1 Å². The third kappa shape index (κ3) is 5.06. The second-order valence-electron chi connectivity index (χ2n) is 14.2. The Morgan fingerprint density at radius 2 is 0.815 bits per heavy atom. The first-order valence-corrected chi connectivity index (χ1v) is 18.5. The summed E-state index contributed by atoms with van der Waals surface area (Å²) in [6, 6.07) is 62.0. The molecule has 2 atom stereocenters. The van der Waals surface area contributed by atoms with Crippen molar-refractivity contribution in [3.8, 4) is 22.3 Å². The largest absolute Gasteiger partial charge is 0.455 e. The molecule has 0 bridgehead atoms. The lowest BCUT2D eigenvalue weighted by Gasteiger charge is -2.39. The van der Waals surface area contributed by atoms with Crippen LogP contribution < -0.4 is 16.0 Å². The molecule has 11 rings (SSSR count). The molecule has 0 spiro atoms. The summed E-state index contributed by atoms with van der Waals surface area (Å²) in [4.78, 5) is 0. The number of nitrogens with one attached hydrogen (secondary N) is 3. The van der Waals surface area contributed by atoms with Crippen molar-refractivity contribution in [2.24, 2.45) is 0 Å². The molecule has 54 heavy (non-hydrogen) atoms. The Kier molecular flexibility index (Phi) is 7.23. The van der Waals surface area contributed by atoms with Crippen molar-refractivity contribution >= 4 is 54.6 Å². The Labute approximate surface area is 311 Å². The SMILES string of the molecule is c1ccc(C2NC(c3ccccc3)NC(c3ccc(-c4cccc5c4oc4c(-c6cccc7c6oc6ccc8ccccc8c67)cccc45)cc3)N2)cc1. The van der Waals surface area contributed by atoms with Crippen molar-refractivity contribution in [3.63, 3.8) is 0 Å². The van der Waals surface area contributed by atoms with Crippen LogP contribution in [0.2, 0.25) is 0 Å². The van der Waals surface area contributed by atoms with Crippen molar-refractivity contribution in [1.29, 1.82) is 0 Å². The zero-order valence-corrected chi connectivity index (χ0v) is 29.3. The number of hydrogen-bond acceptors (Lipinski definition) is 5. The summed E-state index contributed by atoms with van der Waals surface area (Å²) >= 11 is 0. The topological polar surface area (TPSA) is 62.4 Å². The normalized spacial score (nSPS) is 17.6. The summed E-state index contributed by atoms with van der Waals surface area (Å²) in [7, 11) is 0. The summed E-state index contributed by atoms with van der Waals surface area (Å²) < 4.78 is 13.5. The van der Waals surface area contributed by atoms with Gasteiger partial charge in [-0.2, -0.15) is 0 Å². The van der Waals surface area contributed by atoms with Gasteiger partial charge in [0.2, 0.25) is 0 Å². The van der Waals surface area contributed by atoms with Crippen LogP contribution in [0.25, 0.3) is 76.9 Å². The first kappa shape index (κ1) is 31.1. The second-order valence-corrected chi connectivity index (χ2v) is 14.2. The molecule has 0 radical (unpaired) electrons. The van der Waals surface area contributed by atoms with E-state index in [-0.39, 0.29) is 18.5 Å². The molecule has 2 aromatic heterocycles. The molecule has 3 heterocycles. The Morgan fingerprint density at radius 1 is 0.333 bits per heavy atom. The summed E-state index contributed by atoms with van der Waals surface area (Å²) in [6.45, 7) is 0. The maximum atomic E-state index is 6.91. The predicted octanol–water partition coefficient (Wildman–Crippen LogP) is 12.2. The van der Waals surface area contributed by atoms with Crippen molar-refractivity contribution in [1.82, 2.24) is 16.0 Å². The monoisotopic (exact) mass is 697 g/mol. The summed E-state index contributed by atoms with van der Waals surface area (Å²) in [6.07, 6.45) is -0.115. The van der Waals surface area contributed by atoms with Crippen molar-refractivity contribution < 1.29 is 8.83 Å². The van der Waals surface area contributed by atoms with Crippen LogP contribution in [0.3, 0.4) is 0 Å². The van der Waals surface area contributed by atoms with Gasteiger partial charge in [0.05, 0.1) is 18.5 Å². The van der Waals surface area contributed by atoms with Crippen molar-refractivity contribution in [2.45, 2.75) is 18.5 Å². The molecular weight excluding hydrogens is 663 g/mol. The van der Waals surface area contributed by atoms with E-state index in [2.05, 4.69) is 192 Å². The van der Waals surface area contributed by atoms with Crippen LogP contribution in [0, 0.1) is 0 Å². The van der Waals surface area contributed by atoms with Gasteiger partial charge in [0.1, 0.15) is 22.3 Å². The molecule has 0 saturated carbocycles. The molecule has 0 amide bonds. The number of hydrogen-bond donors (Lipinski definition) is 3. The van der Waals surface area contributed by atoms with E-state index in [1.807, 2.05) is 0 Å². The third-order valence-electron chi connectivity index (χ3n) is 11.0. The Balaban J connectivity index is 0.981. The lowest BCUT2D eigenvalue weighted by atomic mass is 9.97. The van der Waals surface area contributed by atoms with Crippen LogP contribution in [0.1, 0.15) is 35.2 Å². The Bertz CT molecular complexity index is 2940. The minimum atomic E-state index is -0.0702. The third-order valence-corrected chi connectivity index (χ3v) is 11.0.